The van der Waals surface area contributed by atoms with Crippen molar-refractivity contribution in [3.8, 4) is 44.5 Å². The van der Waals surface area contributed by atoms with E-state index >= 15 is 0 Å². The first-order valence-corrected chi connectivity index (χ1v) is 19.8. The van der Waals surface area contributed by atoms with Crippen LogP contribution in [0.15, 0.2) is 229 Å². The minimum Gasteiger partial charge on any atom is -0.453 e. The van der Waals surface area contributed by atoms with Gasteiger partial charge in [0.05, 0.1) is 5.69 Å². The summed E-state index contributed by atoms with van der Waals surface area (Å²) >= 11 is 0. The molecule has 0 saturated carbocycles. The second-order valence-corrected chi connectivity index (χ2v) is 14.9. The zero-order chi connectivity index (χ0) is 38.4. The molecular weight excluding hydrogens is 703 g/mol. The zero-order valence-electron chi connectivity index (χ0n) is 31.7. The van der Waals surface area contributed by atoms with Crippen LogP contribution in [0.25, 0.3) is 88.0 Å². The van der Waals surface area contributed by atoms with Gasteiger partial charge < -0.3 is 9.32 Å². The Morgan fingerprint density at radius 1 is 0.276 bits per heavy atom. The van der Waals surface area contributed by atoms with Crippen LogP contribution < -0.4 is 4.90 Å². The number of para-hydroxylation sites is 1. The maximum atomic E-state index is 7.10. The quantitative estimate of drug-likeness (QED) is 0.162. The van der Waals surface area contributed by atoms with Gasteiger partial charge in [0.25, 0.3) is 0 Å². The van der Waals surface area contributed by atoms with Gasteiger partial charge in [-0.3, -0.25) is 0 Å². The minimum atomic E-state index is 0.851. The van der Waals surface area contributed by atoms with Gasteiger partial charge in [-0.2, -0.15) is 0 Å². The summed E-state index contributed by atoms with van der Waals surface area (Å²) in [7, 11) is 0. The molecule has 1 aromatic heterocycles. The van der Waals surface area contributed by atoms with Gasteiger partial charge in [0, 0.05) is 27.5 Å². The molecule has 58 heavy (non-hydrogen) atoms. The molecule has 11 rings (SSSR count). The minimum absolute atomic E-state index is 0.851. The van der Waals surface area contributed by atoms with Crippen molar-refractivity contribution >= 4 is 60.5 Å². The molecular formula is C56H37NO. The summed E-state index contributed by atoms with van der Waals surface area (Å²) in [5, 5.41) is 6.93. The Morgan fingerprint density at radius 3 is 1.52 bits per heavy atom. The third-order valence-corrected chi connectivity index (χ3v) is 11.4. The van der Waals surface area contributed by atoms with Crippen LogP contribution in [-0.2, 0) is 0 Å². The lowest BCUT2D eigenvalue weighted by molar-refractivity contribution is 0.673. The zero-order valence-corrected chi connectivity index (χ0v) is 31.7. The van der Waals surface area contributed by atoms with Crippen LogP contribution in [0, 0.1) is 0 Å². The van der Waals surface area contributed by atoms with E-state index in [4.69, 9.17) is 4.42 Å². The van der Waals surface area contributed by atoms with Crippen LogP contribution >= 0.6 is 0 Å². The fourth-order valence-corrected chi connectivity index (χ4v) is 8.55. The number of fused-ring (bicyclic) bond motifs is 6. The first-order valence-electron chi connectivity index (χ1n) is 19.8. The van der Waals surface area contributed by atoms with Gasteiger partial charge in [-0.05, 0) is 103 Å². The summed E-state index contributed by atoms with van der Waals surface area (Å²) < 4.78 is 7.10. The van der Waals surface area contributed by atoms with E-state index in [9.17, 15) is 0 Å². The first kappa shape index (κ1) is 33.6. The summed E-state index contributed by atoms with van der Waals surface area (Å²) in [6, 6.07) is 80.5. The summed E-state index contributed by atoms with van der Waals surface area (Å²) in [6.07, 6.45) is 0. The highest BCUT2D eigenvalue weighted by atomic mass is 16.3. The van der Waals surface area contributed by atoms with Gasteiger partial charge >= 0.3 is 0 Å². The number of benzene rings is 10. The molecule has 2 heteroatoms. The van der Waals surface area contributed by atoms with Crippen molar-refractivity contribution in [3.05, 3.63) is 224 Å². The summed E-state index contributed by atoms with van der Waals surface area (Å²) in [6.45, 7) is 0. The van der Waals surface area contributed by atoms with E-state index in [0.29, 0.717) is 0 Å². The van der Waals surface area contributed by atoms with Gasteiger partial charge in [0.15, 0.2) is 5.58 Å². The van der Waals surface area contributed by atoms with Crippen LogP contribution in [0.2, 0.25) is 0 Å². The Balaban J connectivity index is 1.08. The molecule has 0 saturated heterocycles. The standard InChI is InChI=1S/C56H37NO/c1-3-13-38(14-4-1)41-25-27-42(28-26-41)43-31-33-47(34-32-43)57(48-20-11-19-45(36-48)39-15-5-2-6-16-39)54-24-12-23-51-53-37-52(46-30-29-40-17-7-8-18-44(40)35-46)49-21-9-10-22-50(49)55(53)58-56(51)54/h1-37H. The Kier molecular flexibility index (Phi) is 8.19. The average Bonchev–Trinajstić information content (AvgIpc) is 3.69. The second kappa shape index (κ2) is 14.1. The van der Waals surface area contributed by atoms with E-state index in [0.717, 1.165) is 55.5 Å². The van der Waals surface area contributed by atoms with E-state index in [-0.39, 0.29) is 0 Å². The number of rotatable bonds is 7. The highest BCUT2D eigenvalue weighted by Gasteiger charge is 2.22. The molecule has 0 aliphatic rings. The van der Waals surface area contributed by atoms with E-state index in [2.05, 4.69) is 229 Å². The third-order valence-electron chi connectivity index (χ3n) is 11.4. The van der Waals surface area contributed by atoms with Gasteiger partial charge in [0.1, 0.15) is 5.58 Å². The normalized spacial score (nSPS) is 11.4. The monoisotopic (exact) mass is 739 g/mol. The van der Waals surface area contributed by atoms with Crippen molar-refractivity contribution < 1.29 is 4.42 Å². The lowest BCUT2D eigenvalue weighted by Gasteiger charge is -2.26. The second-order valence-electron chi connectivity index (χ2n) is 14.9. The van der Waals surface area contributed by atoms with E-state index in [1.807, 2.05) is 0 Å². The van der Waals surface area contributed by atoms with Crippen LogP contribution in [0.1, 0.15) is 0 Å². The van der Waals surface area contributed by atoms with Crippen molar-refractivity contribution in [2.75, 3.05) is 4.90 Å². The molecule has 272 valence electrons. The Bertz CT molecular complexity index is 3250. The fourth-order valence-electron chi connectivity index (χ4n) is 8.55. The fraction of sp³-hybridized carbons (Fsp3) is 0. The largest absolute Gasteiger partial charge is 0.453 e. The highest BCUT2D eigenvalue weighted by Crippen LogP contribution is 2.46. The number of hydrogen-bond acceptors (Lipinski definition) is 2. The van der Waals surface area contributed by atoms with Crippen LogP contribution in [0.3, 0.4) is 0 Å². The van der Waals surface area contributed by atoms with E-state index in [1.54, 1.807) is 0 Å². The van der Waals surface area contributed by atoms with Crippen molar-refractivity contribution in [2.24, 2.45) is 0 Å². The predicted molar refractivity (Wildman–Crippen MR) is 245 cm³/mol. The molecule has 1 heterocycles. The Hall–Kier alpha value is -7.68. The molecule has 0 spiro atoms. The highest BCUT2D eigenvalue weighted by molar-refractivity contribution is 6.21. The summed E-state index contributed by atoms with van der Waals surface area (Å²) in [5.74, 6) is 0. The summed E-state index contributed by atoms with van der Waals surface area (Å²) in [5.41, 5.74) is 14.3. The smallest absolute Gasteiger partial charge is 0.159 e. The average molecular weight is 740 g/mol. The predicted octanol–water partition coefficient (Wildman–Crippen LogP) is 16.0. The van der Waals surface area contributed by atoms with Gasteiger partial charge in [-0.25, -0.2) is 0 Å². The SMILES string of the molecule is c1ccc(-c2ccc(-c3ccc(N(c4cccc(-c5ccccc5)c4)c4cccc5c4oc4c6ccccc6c(-c6ccc7ccccc7c6)cc54)cc3)cc2)cc1. The molecule has 0 bridgehead atoms. The Labute approximate surface area is 337 Å². The molecule has 2 nitrogen and oxygen atoms in total. The van der Waals surface area contributed by atoms with E-state index in [1.165, 1.54) is 49.5 Å². The first-order chi connectivity index (χ1) is 28.7. The number of nitrogens with zero attached hydrogens (tertiary/aromatic N) is 1. The van der Waals surface area contributed by atoms with Crippen LogP contribution in [-0.4, -0.2) is 0 Å². The third kappa shape index (κ3) is 5.91. The van der Waals surface area contributed by atoms with Gasteiger partial charge in [-0.1, -0.05) is 182 Å². The van der Waals surface area contributed by atoms with Gasteiger partial charge in [0.2, 0.25) is 0 Å². The number of anilines is 3. The van der Waals surface area contributed by atoms with Gasteiger partial charge in [-0.15, -0.1) is 0 Å². The lowest BCUT2D eigenvalue weighted by atomic mass is 9.94. The molecule has 0 fully saturated rings. The van der Waals surface area contributed by atoms with Crippen molar-refractivity contribution in [3.63, 3.8) is 0 Å². The molecule has 11 aromatic rings. The molecule has 0 N–H and O–H groups in total. The van der Waals surface area contributed by atoms with Crippen molar-refractivity contribution in [2.45, 2.75) is 0 Å². The maximum absolute atomic E-state index is 7.10. The number of furan rings is 1. The molecule has 0 radical (unpaired) electrons. The molecule has 0 unspecified atom stereocenters. The van der Waals surface area contributed by atoms with E-state index < -0.39 is 0 Å². The Morgan fingerprint density at radius 2 is 0.793 bits per heavy atom. The topological polar surface area (TPSA) is 16.4 Å². The van der Waals surface area contributed by atoms with Crippen molar-refractivity contribution in [1.82, 2.24) is 0 Å². The molecule has 0 aliphatic carbocycles. The number of hydrogen-bond donors (Lipinski definition) is 0. The van der Waals surface area contributed by atoms with Crippen LogP contribution in [0.5, 0.6) is 0 Å². The summed E-state index contributed by atoms with van der Waals surface area (Å²) in [4.78, 5) is 2.34. The maximum Gasteiger partial charge on any atom is 0.159 e. The molecule has 0 aliphatic heterocycles. The molecule has 0 atom stereocenters. The lowest BCUT2D eigenvalue weighted by Crippen LogP contribution is -2.10. The van der Waals surface area contributed by atoms with Crippen molar-refractivity contribution in [1.29, 1.82) is 0 Å². The van der Waals surface area contributed by atoms with Crippen LogP contribution in [0.4, 0.5) is 17.1 Å². The molecule has 0 amide bonds. The molecule has 10 aromatic carbocycles.